The monoisotopic (exact) mass is 283 g/mol. The summed E-state index contributed by atoms with van der Waals surface area (Å²) in [6.45, 7) is 0.713. The minimum absolute atomic E-state index is 0.0116. The first kappa shape index (κ1) is 15.3. The lowest BCUT2D eigenvalue weighted by molar-refractivity contribution is -0.143. The molecule has 2 aliphatic rings. The number of hydrogen-bond acceptors (Lipinski definition) is 3. The van der Waals surface area contributed by atoms with Gasteiger partial charge < -0.3 is 15.1 Å². The Morgan fingerprint density at radius 2 is 1.80 bits per heavy atom. The van der Waals surface area contributed by atoms with Gasteiger partial charge in [-0.05, 0) is 31.1 Å². The summed E-state index contributed by atoms with van der Waals surface area (Å²) in [7, 11) is 0. The normalized spacial score (nSPS) is 25.6. The lowest BCUT2D eigenvalue weighted by atomic mass is 9.69. The van der Waals surface area contributed by atoms with E-state index >= 15 is 0 Å². The number of aliphatic hydroxyl groups excluding tert-OH is 1. The molecule has 1 atom stereocenters. The number of likely N-dealkylation sites (tertiary alicyclic amines) is 1. The van der Waals surface area contributed by atoms with Crippen LogP contribution in [0, 0.1) is 5.41 Å². The molecule has 0 radical (unpaired) electrons. The molecular formula is C15H25NO4. The average molecular weight is 283 g/mol. The molecule has 0 unspecified atom stereocenters. The summed E-state index contributed by atoms with van der Waals surface area (Å²) in [5.41, 5.74) is -0.357. The third-order valence-electron chi connectivity index (χ3n) is 4.87. The minimum Gasteiger partial charge on any atom is -0.481 e. The molecule has 20 heavy (non-hydrogen) atoms. The highest BCUT2D eigenvalue weighted by Crippen LogP contribution is 2.43. The first-order valence-corrected chi connectivity index (χ1v) is 7.68. The van der Waals surface area contributed by atoms with Gasteiger partial charge in [0, 0.05) is 13.0 Å². The second kappa shape index (κ2) is 6.57. The lowest BCUT2D eigenvalue weighted by Crippen LogP contribution is -2.41. The molecule has 1 aliphatic heterocycles. The van der Waals surface area contributed by atoms with E-state index in [-0.39, 0.29) is 30.4 Å². The van der Waals surface area contributed by atoms with Crippen molar-refractivity contribution >= 4 is 11.9 Å². The Balaban J connectivity index is 2.03. The van der Waals surface area contributed by atoms with E-state index in [1.54, 1.807) is 4.90 Å². The predicted molar refractivity (Wildman–Crippen MR) is 74.2 cm³/mol. The maximum atomic E-state index is 12.5. The zero-order chi connectivity index (χ0) is 14.6. The quantitative estimate of drug-likeness (QED) is 0.806. The van der Waals surface area contributed by atoms with Crippen LogP contribution in [0.4, 0.5) is 0 Å². The highest BCUT2D eigenvalue weighted by atomic mass is 16.4. The van der Waals surface area contributed by atoms with Gasteiger partial charge in [-0.25, -0.2) is 0 Å². The van der Waals surface area contributed by atoms with Crippen molar-refractivity contribution in [1.29, 1.82) is 0 Å². The van der Waals surface area contributed by atoms with Gasteiger partial charge in [-0.15, -0.1) is 0 Å². The predicted octanol–water partition coefficient (Wildman–Crippen LogP) is 1.78. The summed E-state index contributed by atoms with van der Waals surface area (Å²) >= 11 is 0. The van der Waals surface area contributed by atoms with Gasteiger partial charge in [0.2, 0.25) is 5.91 Å². The maximum absolute atomic E-state index is 12.5. The molecule has 1 aliphatic carbocycles. The van der Waals surface area contributed by atoms with Crippen LogP contribution in [0.3, 0.4) is 0 Å². The Bertz CT molecular complexity index is 363. The smallest absolute Gasteiger partial charge is 0.303 e. The molecule has 0 spiro atoms. The van der Waals surface area contributed by atoms with Crippen LogP contribution >= 0.6 is 0 Å². The number of carbonyl (C=O) groups is 2. The number of hydrogen-bond donors (Lipinski definition) is 2. The number of aliphatic hydroxyl groups is 1. The zero-order valence-corrected chi connectivity index (χ0v) is 12.0. The maximum Gasteiger partial charge on any atom is 0.303 e. The van der Waals surface area contributed by atoms with Crippen LogP contribution < -0.4 is 0 Å². The number of carboxylic acid groups (broad SMARTS) is 1. The zero-order valence-electron chi connectivity index (χ0n) is 12.0. The molecular weight excluding hydrogens is 258 g/mol. The molecule has 0 aromatic heterocycles. The molecule has 114 valence electrons. The summed E-state index contributed by atoms with van der Waals surface area (Å²) in [5.74, 6) is -0.774. The fraction of sp³-hybridized carbons (Fsp3) is 0.867. The SMILES string of the molecule is O=C(O)CC1(CC(=O)N2CCC[C@H]2CO)CCCCC1. The van der Waals surface area contributed by atoms with E-state index < -0.39 is 5.97 Å². The van der Waals surface area contributed by atoms with Crippen molar-refractivity contribution in [3.63, 3.8) is 0 Å². The molecule has 1 saturated carbocycles. The van der Waals surface area contributed by atoms with Crippen molar-refractivity contribution in [1.82, 2.24) is 4.90 Å². The van der Waals surface area contributed by atoms with Gasteiger partial charge in [-0.2, -0.15) is 0 Å². The van der Waals surface area contributed by atoms with Crippen molar-refractivity contribution in [3.05, 3.63) is 0 Å². The van der Waals surface area contributed by atoms with Gasteiger partial charge >= 0.3 is 5.97 Å². The molecule has 2 fully saturated rings. The van der Waals surface area contributed by atoms with Crippen molar-refractivity contribution in [2.75, 3.05) is 13.2 Å². The van der Waals surface area contributed by atoms with Crippen molar-refractivity contribution in [2.24, 2.45) is 5.41 Å². The van der Waals surface area contributed by atoms with Gasteiger partial charge in [0.25, 0.3) is 0 Å². The minimum atomic E-state index is -0.806. The Morgan fingerprint density at radius 3 is 2.40 bits per heavy atom. The summed E-state index contributed by atoms with van der Waals surface area (Å²) < 4.78 is 0. The van der Waals surface area contributed by atoms with Crippen LogP contribution in [0.5, 0.6) is 0 Å². The van der Waals surface area contributed by atoms with E-state index in [1.807, 2.05) is 0 Å². The Hall–Kier alpha value is -1.10. The number of aliphatic carboxylic acids is 1. The summed E-state index contributed by atoms with van der Waals surface area (Å²) in [6, 6.07) is -0.0621. The number of rotatable bonds is 5. The van der Waals surface area contributed by atoms with Crippen LogP contribution in [0.25, 0.3) is 0 Å². The van der Waals surface area contributed by atoms with E-state index in [1.165, 1.54) is 0 Å². The van der Waals surface area contributed by atoms with Crippen molar-refractivity contribution in [2.45, 2.75) is 63.8 Å². The van der Waals surface area contributed by atoms with Crippen LogP contribution in [0.1, 0.15) is 57.8 Å². The van der Waals surface area contributed by atoms with E-state index in [2.05, 4.69) is 0 Å². The standard InChI is InChI=1S/C15H25NO4/c17-11-12-5-4-8-16(12)13(18)9-15(10-14(19)20)6-2-1-3-7-15/h12,17H,1-11H2,(H,19,20)/t12-/m0/s1. The number of carbonyl (C=O) groups excluding carboxylic acids is 1. The number of nitrogens with zero attached hydrogens (tertiary/aromatic N) is 1. The number of amides is 1. The van der Waals surface area contributed by atoms with Crippen LogP contribution in [-0.2, 0) is 9.59 Å². The van der Waals surface area contributed by atoms with Gasteiger partial charge in [0.1, 0.15) is 0 Å². The molecule has 2 N–H and O–H groups in total. The Labute approximate surface area is 120 Å². The van der Waals surface area contributed by atoms with E-state index in [0.717, 1.165) is 44.9 Å². The second-order valence-electron chi connectivity index (χ2n) is 6.37. The average Bonchev–Trinajstić information content (AvgIpc) is 2.87. The molecule has 2 rings (SSSR count). The van der Waals surface area contributed by atoms with E-state index in [4.69, 9.17) is 5.11 Å². The van der Waals surface area contributed by atoms with Crippen LogP contribution in [-0.4, -0.2) is 46.2 Å². The first-order valence-electron chi connectivity index (χ1n) is 7.68. The summed E-state index contributed by atoms with van der Waals surface area (Å²) in [6.07, 6.45) is 7.06. The Morgan fingerprint density at radius 1 is 1.10 bits per heavy atom. The van der Waals surface area contributed by atoms with Crippen molar-refractivity contribution in [3.8, 4) is 0 Å². The summed E-state index contributed by atoms with van der Waals surface area (Å²) in [5, 5.41) is 18.5. The molecule has 5 nitrogen and oxygen atoms in total. The highest BCUT2D eigenvalue weighted by molar-refractivity contribution is 5.79. The Kier molecular flexibility index (Phi) is 5.02. The van der Waals surface area contributed by atoms with Crippen LogP contribution in [0.2, 0.25) is 0 Å². The number of carboxylic acids is 1. The molecule has 1 saturated heterocycles. The molecule has 5 heteroatoms. The summed E-state index contributed by atoms with van der Waals surface area (Å²) in [4.78, 5) is 25.4. The lowest BCUT2D eigenvalue weighted by Gasteiger charge is -2.37. The van der Waals surface area contributed by atoms with Gasteiger partial charge in [0.05, 0.1) is 19.1 Å². The second-order valence-corrected chi connectivity index (χ2v) is 6.37. The molecule has 0 bridgehead atoms. The molecule has 0 aromatic rings. The largest absolute Gasteiger partial charge is 0.481 e. The third kappa shape index (κ3) is 3.51. The fourth-order valence-corrected chi connectivity index (χ4v) is 3.81. The van der Waals surface area contributed by atoms with Gasteiger partial charge in [0.15, 0.2) is 0 Å². The van der Waals surface area contributed by atoms with E-state index in [0.29, 0.717) is 13.0 Å². The molecule has 1 amide bonds. The fourth-order valence-electron chi connectivity index (χ4n) is 3.81. The van der Waals surface area contributed by atoms with E-state index in [9.17, 15) is 14.7 Å². The first-order chi connectivity index (χ1) is 9.56. The van der Waals surface area contributed by atoms with Crippen molar-refractivity contribution < 1.29 is 19.8 Å². The third-order valence-corrected chi connectivity index (χ3v) is 4.87. The topological polar surface area (TPSA) is 77.8 Å². The van der Waals surface area contributed by atoms with Crippen LogP contribution in [0.15, 0.2) is 0 Å². The molecule has 0 aromatic carbocycles. The highest BCUT2D eigenvalue weighted by Gasteiger charge is 2.39. The van der Waals surface area contributed by atoms with Gasteiger partial charge in [-0.3, -0.25) is 9.59 Å². The van der Waals surface area contributed by atoms with Gasteiger partial charge in [-0.1, -0.05) is 19.3 Å². The molecule has 1 heterocycles.